The summed E-state index contributed by atoms with van der Waals surface area (Å²) in [6.45, 7) is 8.44. The van der Waals surface area contributed by atoms with Gasteiger partial charge in [0.2, 0.25) is 5.91 Å². The molecule has 0 aliphatic heterocycles. The summed E-state index contributed by atoms with van der Waals surface area (Å²) in [4.78, 5) is 14.2. The van der Waals surface area contributed by atoms with Crippen molar-refractivity contribution in [2.45, 2.75) is 46.1 Å². The molecule has 1 rings (SSSR count). The molecule has 0 fully saturated rings. The fourth-order valence-electron chi connectivity index (χ4n) is 2.20. The van der Waals surface area contributed by atoms with E-state index in [1.807, 2.05) is 0 Å². The number of nitrogens with one attached hydrogen (secondary N) is 1. The van der Waals surface area contributed by atoms with Crippen LogP contribution in [-0.4, -0.2) is 29.9 Å². The molecule has 5 heteroatoms. The maximum absolute atomic E-state index is 13.0. The fourth-order valence-corrected chi connectivity index (χ4v) is 2.20. The molecule has 0 aliphatic carbocycles. The van der Waals surface area contributed by atoms with E-state index in [2.05, 4.69) is 31.0 Å². The van der Waals surface area contributed by atoms with Crippen molar-refractivity contribution in [1.29, 1.82) is 0 Å². The molecule has 0 heterocycles. The van der Waals surface area contributed by atoms with Crippen molar-refractivity contribution in [2.24, 2.45) is 0 Å². The van der Waals surface area contributed by atoms with Gasteiger partial charge in [0.25, 0.3) is 0 Å². The van der Waals surface area contributed by atoms with Crippen molar-refractivity contribution in [3.05, 3.63) is 24.0 Å². The number of halogens is 1. The zero-order valence-electron chi connectivity index (χ0n) is 13.2. The number of carbonyl (C=O) groups excluding carboxylic acids is 1. The van der Waals surface area contributed by atoms with Gasteiger partial charge in [-0.2, -0.15) is 0 Å². The molecule has 0 atom stereocenters. The first-order valence-corrected chi connectivity index (χ1v) is 7.53. The second-order valence-electron chi connectivity index (χ2n) is 5.52. The van der Waals surface area contributed by atoms with Crippen LogP contribution in [0.5, 0.6) is 0 Å². The van der Waals surface area contributed by atoms with Crippen LogP contribution < -0.4 is 11.1 Å². The Kier molecular flexibility index (Phi) is 7.15. The van der Waals surface area contributed by atoms with E-state index in [-0.39, 0.29) is 11.6 Å². The highest BCUT2D eigenvalue weighted by atomic mass is 19.1. The summed E-state index contributed by atoms with van der Waals surface area (Å²) in [6, 6.07) is 4.70. The van der Waals surface area contributed by atoms with Gasteiger partial charge in [-0.3, -0.25) is 4.79 Å². The van der Waals surface area contributed by atoms with Crippen LogP contribution in [0.15, 0.2) is 18.2 Å². The Balaban J connectivity index is 2.38. The maximum Gasteiger partial charge on any atom is 0.224 e. The Bertz CT molecular complexity index is 463. The van der Waals surface area contributed by atoms with E-state index in [9.17, 15) is 9.18 Å². The fraction of sp³-hybridized carbons (Fsp3) is 0.562. The monoisotopic (exact) mass is 295 g/mol. The molecule has 3 N–H and O–H groups in total. The number of amides is 1. The van der Waals surface area contributed by atoms with E-state index in [0.717, 1.165) is 25.9 Å². The third-order valence-electron chi connectivity index (χ3n) is 3.37. The molecule has 0 spiro atoms. The predicted octanol–water partition coefficient (Wildman–Crippen LogP) is 3.25. The Morgan fingerprint density at radius 2 is 2.10 bits per heavy atom. The van der Waals surface area contributed by atoms with Gasteiger partial charge in [0.05, 0.1) is 5.69 Å². The highest BCUT2D eigenvalue weighted by molar-refractivity contribution is 5.91. The number of hydrogen-bond donors (Lipinski definition) is 2. The molecular formula is C16H26FN3O. The minimum atomic E-state index is -0.472. The van der Waals surface area contributed by atoms with Gasteiger partial charge in [0, 0.05) is 18.2 Å². The maximum atomic E-state index is 13.0. The number of anilines is 2. The molecule has 1 aromatic carbocycles. The lowest BCUT2D eigenvalue weighted by Gasteiger charge is -2.25. The van der Waals surface area contributed by atoms with Gasteiger partial charge in [0.15, 0.2) is 0 Å². The molecule has 0 saturated carbocycles. The normalized spacial score (nSPS) is 11.1. The minimum absolute atomic E-state index is 0.0433. The van der Waals surface area contributed by atoms with Gasteiger partial charge < -0.3 is 16.0 Å². The molecule has 1 aromatic rings. The number of nitrogen functional groups attached to an aromatic ring is 1. The Morgan fingerprint density at radius 1 is 1.38 bits per heavy atom. The van der Waals surface area contributed by atoms with Crippen molar-refractivity contribution in [3.63, 3.8) is 0 Å². The first-order valence-electron chi connectivity index (χ1n) is 7.53. The Morgan fingerprint density at radius 3 is 2.67 bits per heavy atom. The molecule has 0 aromatic heterocycles. The van der Waals surface area contributed by atoms with Gasteiger partial charge in [0.1, 0.15) is 5.82 Å². The summed E-state index contributed by atoms with van der Waals surface area (Å²) in [5, 5.41) is 2.74. The van der Waals surface area contributed by atoms with Crippen LogP contribution in [0, 0.1) is 5.82 Å². The van der Waals surface area contributed by atoms with Crippen molar-refractivity contribution >= 4 is 17.3 Å². The minimum Gasteiger partial charge on any atom is -0.396 e. The van der Waals surface area contributed by atoms with E-state index >= 15 is 0 Å². The predicted molar refractivity (Wildman–Crippen MR) is 85.7 cm³/mol. The largest absolute Gasteiger partial charge is 0.396 e. The van der Waals surface area contributed by atoms with Gasteiger partial charge in [-0.05, 0) is 58.0 Å². The van der Waals surface area contributed by atoms with Gasteiger partial charge in [-0.1, -0.05) is 6.92 Å². The molecular weight excluding hydrogens is 269 g/mol. The highest BCUT2D eigenvalue weighted by Gasteiger charge is 2.10. The number of carbonyl (C=O) groups is 1. The molecule has 118 valence electrons. The third-order valence-corrected chi connectivity index (χ3v) is 3.37. The molecule has 0 bridgehead atoms. The second kappa shape index (κ2) is 8.62. The average molecular weight is 295 g/mol. The van der Waals surface area contributed by atoms with E-state index in [1.54, 1.807) is 0 Å². The molecule has 0 saturated heterocycles. The van der Waals surface area contributed by atoms with Gasteiger partial charge in [-0.15, -0.1) is 0 Å². The van der Waals surface area contributed by atoms with E-state index in [4.69, 9.17) is 5.73 Å². The topological polar surface area (TPSA) is 58.4 Å². The van der Waals surface area contributed by atoms with Crippen LogP contribution in [-0.2, 0) is 4.79 Å². The van der Waals surface area contributed by atoms with Gasteiger partial charge >= 0.3 is 0 Å². The molecule has 0 unspecified atom stereocenters. The molecule has 1 amide bonds. The number of hydrogen-bond acceptors (Lipinski definition) is 3. The highest BCUT2D eigenvalue weighted by Crippen LogP contribution is 2.16. The van der Waals surface area contributed by atoms with Crippen molar-refractivity contribution in [2.75, 3.05) is 24.1 Å². The zero-order valence-corrected chi connectivity index (χ0v) is 13.2. The molecule has 4 nitrogen and oxygen atoms in total. The van der Waals surface area contributed by atoms with Crippen LogP contribution in [0.25, 0.3) is 0 Å². The summed E-state index contributed by atoms with van der Waals surface area (Å²) in [5.74, 6) is -0.540. The summed E-state index contributed by atoms with van der Waals surface area (Å²) in [7, 11) is 0. The number of rotatable bonds is 8. The molecule has 21 heavy (non-hydrogen) atoms. The standard InChI is InChI=1S/C16H26FN3O/c1-4-9-20(12(2)3)10-5-6-16(21)19-13-7-8-14(17)15(18)11-13/h7-8,11-12H,4-6,9-10,18H2,1-3H3,(H,19,21). The van der Waals surface area contributed by atoms with Crippen molar-refractivity contribution in [3.8, 4) is 0 Å². The van der Waals surface area contributed by atoms with E-state index < -0.39 is 5.82 Å². The van der Waals surface area contributed by atoms with E-state index in [1.165, 1.54) is 18.2 Å². The molecule has 0 aliphatic rings. The van der Waals surface area contributed by atoms with Crippen LogP contribution in [0.4, 0.5) is 15.8 Å². The summed E-state index contributed by atoms with van der Waals surface area (Å²) >= 11 is 0. The summed E-state index contributed by atoms with van der Waals surface area (Å²) < 4.78 is 13.0. The number of nitrogens with zero attached hydrogens (tertiary/aromatic N) is 1. The van der Waals surface area contributed by atoms with Gasteiger partial charge in [-0.25, -0.2) is 4.39 Å². The summed E-state index contributed by atoms with van der Waals surface area (Å²) in [6.07, 6.45) is 2.37. The Hall–Kier alpha value is -1.62. The number of nitrogens with two attached hydrogens (primary N) is 1. The average Bonchev–Trinajstić information content (AvgIpc) is 2.42. The lowest BCUT2D eigenvalue weighted by molar-refractivity contribution is -0.116. The zero-order chi connectivity index (χ0) is 15.8. The lowest BCUT2D eigenvalue weighted by Crippen LogP contribution is -2.33. The van der Waals surface area contributed by atoms with Crippen LogP contribution in [0.2, 0.25) is 0 Å². The van der Waals surface area contributed by atoms with Crippen LogP contribution >= 0.6 is 0 Å². The lowest BCUT2D eigenvalue weighted by atomic mass is 10.2. The van der Waals surface area contributed by atoms with E-state index in [0.29, 0.717) is 18.2 Å². The molecule has 0 radical (unpaired) electrons. The number of benzene rings is 1. The van der Waals surface area contributed by atoms with Crippen LogP contribution in [0.1, 0.15) is 40.0 Å². The third kappa shape index (κ3) is 6.12. The first-order chi connectivity index (χ1) is 9.93. The van der Waals surface area contributed by atoms with Crippen LogP contribution in [0.3, 0.4) is 0 Å². The van der Waals surface area contributed by atoms with Crippen molar-refractivity contribution in [1.82, 2.24) is 4.90 Å². The Labute approximate surface area is 126 Å². The summed E-state index contributed by atoms with van der Waals surface area (Å²) in [5.41, 5.74) is 6.05. The first kappa shape index (κ1) is 17.4. The quantitative estimate of drug-likeness (QED) is 0.724. The smallest absolute Gasteiger partial charge is 0.224 e. The SMILES string of the molecule is CCCN(CCCC(=O)Nc1ccc(F)c(N)c1)C(C)C. The second-order valence-corrected chi connectivity index (χ2v) is 5.52. The van der Waals surface area contributed by atoms with Crippen molar-refractivity contribution < 1.29 is 9.18 Å².